The van der Waals surface area contributed by atoms with Crippen molar-refractivity contribution in [3.8, 4) is 0 Å². The first-order valence-electron chi connectivity index (χ1n) is 7.90. The van der Waals surface area contributed by atoms with Crippen LogP contribution in [0.15, 0.2) is 29.2 Å². The van der Waals surface area contributed by atoms with Gasteiger partial charge in [-0.1, -0.05) is 23.7 Å². The van der Waals surface area contributed by atoms with Crippen LogP contribution >= 0.6 is 11.6 Å². The highest BCUT2D eigenvalue weighted by Gasteiger charge is 2.30. The van der Waals surface area contributed by atoms with E-state index in [0.717, 1.165) is 11.1 Å². The maximum atomic E-state index is 13.0. The van der Waals surface area contributed by atoms with Crippen molar-refractivity contribution >= 4 is 33.4 Å². The van der Waals surface area contributed by atoms with E-state index in [1.165, 1.54) is 4.31 Å². The summed E-state index contributed by atoms with van der Waals surface area (Å²) >= 11 is 5.92. The Balaban J connectivity index is 1.78. The smallest absolute Gasteiger partial charge is 0.243 e. The van der Waals surface area contributed by atoms with E-state index in [1.54, 1.807) is 12.1 Å². The molecule has 3 rings (SSSR count). The number of nitrogens with two attached hydrogens (primary N) is 1. The number of benzene rings is 1. The fourth-order valence-corrected chi connectivity index (χ4v) is 4.78. The van der Waals surface area contributed by atoms with E-state index in [-0.39, 0.29) is 11.1 Å². The van der Waals surface area contributed by atoms with Crippen LogP contribution in [0.5, 0.6) is 0 Å². The molecular formula is C16H20ClN5O2S. The van der Waals surface area contributed by atoms with E-state index in [4.69, 9.17) is 17.3 Å². The normalized spacial score (nSPS) is 16.2. The number of halogens is 1. The zero-order chi connectivity index (χ0) is 18.2. The van der Waals surface area contributed by atoms with Crippen molar-refractivity contribution in [3.63, 3.8) is 0 Å². The number of nitrogen functional groups attached to an aromatic ring is 1. The predicted octanol–water partition coefficient (Wildman–Crippen LogP) is 1.84. The summed E-state index contributed by atoms with van der Waals surface area (Å²) in [6.45, 7) is 5.47. The molecule has 1 aromatic carbocycles. The lowest BCUT2D eigenvalue weighted by atomic mass is 10.2. The highest BCUT2D eigenvalue weighted by Crippen LogP contribution is 2.24. The van der Waals surface area contributed by atoms with Crippen molar-refractivity contribution in [1.29, 1.82) is 0 Å². The quantitative estimate of drug-likeness (QED) is 0.815. The van der Waals surface area contributed by atoms with Gasteiger partial charge in [0, 0.05) is 32.2 Å². The minimum atomic E-state index is -3.51. The lowest BCUT2D eigenvalue weighted by Crippen LogP contribution is -2.49. The third-order valence-electron chi connectivity index (χ3n) is 4.22. The molecule has 0 unspecified atom stereocenters. The van der Waals surface area contributed by atoms with Crippen LogP contribution in [0.2, 0.25) is 5.15 Å². The lowest BCUT2D eigenvalue weighted by Gasteiger charge is -2.35. The van der Waals surface area contributed by atoms with Crippen LogP contribution in [0.4, 0.5) is 11.8 Å². The predicted molar refractivity (Wildman–Crippen MR) is 98.3 cm³/mol. The molecule has 1 saturated heterocycles. The van der Waals surface area contributed by atoms with Gasteiger partial charge in [0.25, 0.3) is 0 Å². The monoisotopic (exact) mass is 381 g/mol. The summed E-state index contributed by atoms with van der Waals surface area (Å²) < 4.78 is 27.4. The Bertz CT molecular complexity index is 875. The Morgan fingerprint density at radius 1 is 1.08 bits per heavy atom. The largest absolute Gasteiger partial charge is 0.368 e. The zero-order valence-corrected chi connectivity index (χ0v) is 15.7. The molecule has 0 radical (unpaired) electrons. The van der Waals surface area contributed by atoms with E-state index in [0.29, 0.717) is 36.9 Å². The van der Waals surface area contributed by atoms with Crippen molar-refractivity contribution in [3.05, 3.63) is 40.5 Å². The highest BCUT2D eigenvalue weighted by molar-refractivity contribution is 7.89. The van der Waals surface area contributed by atoms with E-state index < -0.39 is 10.0 Å². The summed E-state index contributed by atoms with van der Waals surface area (Å²) in [6.07, 6.45) is 0. The number of hydrogen-bond donors (Lipinski definition) is 1. The van der Waals surface area contributed by atoms with E-state index in [2.05, 4.69) is 9.97 Å². The molecule has 0 aliphatic carbocycles. The van der Waals surface area contributed by atoms with Gasteiger partial charge in [-0.3, -0.25) is 0 Å². The highest BCUT2D eigenvalue weighted by atomic mass is 35.5. The first kappa shape index (κ1) is 17.9. The fourth-order valence-electron chi connectivity index (χ4n) is 2.87. The topological polar surface area (TPSA) is 92.4 Å². The van der Waals surface area contributed by atoms with Crippen molar-refractivity contribution in [2.24, 2.45) is 0 Å². The maximum absolute atomic E-state index is 13.0. The van der Waals surface area contributed by atoms with Crippen LogP contribution in [0, 0.1) is 13.8 Å². The standard InChI is InChI=1S/C16H20ClN5O2S/c1-11-3-4-12(2)13(9-11)25(23,24)22-7-5-21(6-8-22)15-10-14(17)19-16(18)20-15/h3-4,9-10H,5-8H2,1-2H3,(H2,18,19,20). The number of aryl methyl sites for hydroxylation is 2. The summed E-state index contributed by atoms with van der Waals surface area (Å²) in [7, 11) is -3.51. The SMILES string of the molecule is Cc1ccc(C)c(S(=O)(=O)N2CCN(c3cc(Cl)nc(N)n3)CC2)c1. The average Bonchev–Trinajstić information content (AvgIpc) is 2.56. The zero-order valence-electron chi connectivity index (χ0n) is 14.1. The molecule has 0 saturated carbocycles. The summed E-state index contributed by atoms with van der Waals surface area (Å²) in [5.41, 5.74) is 7.31. The molecule has 1 aliphatic rings. The first-order valence-corrected chi connectivity index (χ1v) is 9.71. The van der Waals surface area contributed by atoms with Gasteiger partial charge in [-0.2, -0.15) is 9.29 Å². The van der Waals surface area contributed by atoms with Gasteiger partial charge in [0.15, 0.2) is 0 Å². The molecule has 1 aromatic heterocycles. The minimum Gasteiger partial charge on any atom is -0.368 e. The number of aromatic nitrogens is 2. The number of rotatable bonds is 3. The Morgan fingerprint density at radius 2 is 1.76 bits per heavy atom. The van der Waals surface area contributed by atoms with Crippen LogP contribution < -0.4 is 10.6 Å². The Morgan fingerprint density at radius 3 is 2.40 bits per heavy atom. The van der Waals surface area contributed by atoms with Crippen molar-refractivity contribution < 1.29 is 8.42 Å². The first-order chi connectivity index (χ1) is 11.8. The van der Waals surface area contributed by atoms with Gasteiger partial charge in [0.1, 0.15) is 11.0 Å². The second-order valence-electron chi connectivity index (χ2n) is 6.07. The second-order valence-corrected chi connectivity index (χ2v) is 8.36. The fraction of sp³-hybridized carbons (Fsp3) is 0.375. The van der Waals surface area contributed by atoms with E-state index >= 15 is 0 Å². The van der Waals surface area contributed by atoms with Gasteiger partial charge in [-0.05, 0) is 31.0 Å². The van der Waals surface area contributed by atoms with Gasteiger partial charge >= 0.3 is 0 Å². The summed E-state index contributed by atoms with van der Waals surface area (Å²) in [5.74, 6) is 0.717. The van der Waals surface area contributed by atoms with E-state index in [9.17, 15) is 8.42 Å². The molecule has 1 fully saturated rings. The molecule has 25 heavy (non-hydrogen) atoms. The molecule has 9 heteroatoms. The van der Waals surface area contributed by atoms with Gasteiger partial charge < -0.3 is 10.6 Å². The Kier molecular flexibility index (Phi) is 4.86. The molecule has 2 heterocycles. The van der Waals surface area contributed by atoms with Crippen LogP contribution in [-0.2, 0) is 10.0 Å². The molecule has 134 valence electrons. The van der Waals surface area contributed by atoms with Crippen molar-refractivity contribution in [2.75, 3.05) is 36.8 Å². The molecule has 0 bridgehead atoms. The maximum Gasteiger partial charge on any atom is 0.243 e. The summed E-state index contributed by atoms with van der Waals surface area (Å²) in [4.78, 5) is 10.3. The van der Waals surface area contributed by atoms with Crippen LogP contribution in [0.3, 0.4) is 0 Å². The number of hydrogen-bond acceptors (Lipinski definition) is 6. The van der Waals surface area contributed by atoms with E-state index in [1.807, 2.05) is 30.9 Å². The summed E-state index contributed by atoms with van der Waals surface area (Å²) in [5, 5.41) is 0.271. The molecular weight excluding hydrogens is 362 g/mol. The van der Waals surface area contributed by atoms with Crippen LogP contribution in [0.1, 0.15) is 11.1 Å². The Hall–Kier alpha value is -1.90. The van der Waals surface area contributed by atoms with Crippen molar-refractivity contribution in [1.82, 2.24) is 14.3 Å². The number of anilines is 2. The van der Waals surface area contributed by atoms with Crippen LogP contribution in [-0.4, -0.2) is 48.9 Å². The molecule has 1 aliphatic heterocycles. The average molecular weight is 382 g/mol. The number of piperazine rings is 1. The summed E-state index contributed by atoms with van der Waals surface area (Å²) in [6, 6.07) is 7.11. The molecule has 2 N–H and O–H groups in total. The van der Waals surface area contributed by atoms with Gasteiger partial charge in [-0.25, -0.2) is 13.4 Å². The number of sulfonamides is 1. The van der Waals surface area contributed by atoms with Gasteiger partial charge in [0.05, 0.1) is 4.90 Å². The molecule has 7 nitrogen and oxygen atoms in total. The molecule has 0 spiro atoms. The third-order valence-corrected chi connectivity index (χ3v) is 6.46. The number of nitrogens with zero attached hydrogens (tertiary/aromatic N) is 4. The van der Waals surface area contributed by atoms with Gasteiger partial charge in [-0.15, -0.1) is 0 Å². The third kappa shape index (κ3) is 3.70. The second kappa shape index (κ2) is 6.78. The van der Waals surface area contributed by atoms with Gasteiger partial charge in [0.2, 0.25) is 16.0 Å². The van der Waals surface area contributed by atoms with Crippen molar-refractivity contribution in [2.45, 2.75) is 18.7 Å². The van der Waals surface area contributed by atoms with Crippen LogP contribution in [0.25, 0.3) is 0 Å². The Labute approximate surface area is 152 Å². The molecule has 2 aromatic rings. The molecule has 0 atom stereocenters. The molecule has 0 amide bonds. The minimum absolute atomic E-state index is 0.105. The lowest BCUT2D eigenvalue weighted by molar-refractivity contribution is 0.383.